The minimum absolute atomic E-state index is 0.0551. The zero-order valence-corrected chi connectivity index (χ0v) is 13.4. The van der Waals surface area contributed by atoms with Crippen LogP contribution in [0.2, 0.25) is 5.02 Å². The molecular formula is C13H19ClN2O3S. The molecule has 0 aliphatic rings. The zero-order valence-electron chi connectivity index (χ0n) is 11.8. The van der Waals surface area contributed by atoms with Crippen molar-refractivity contribution in [1.29, 1.82) is 0 Å². The third kappa shape index (κ3) is 4.47. The maximum Gasteiger partial charge on any atom is 0.236 e. The van der Waals surface area contributed by atoms with Crippen LogP contribution in [-0.2, 0) is 21.2 Å². The quantitative estimate of drug-likeness (QED) is 0.859. The number of hydrogen-bond donors (Lipinski definition) is 1. The Labute approximate surface area is 124 Å². The molecule has 0 heterocycles. The average molecular weight is 319 g/mol. The summed E-state index contributed by atoms with van der Waals surface area (Å²) in [6.45, 7) is 2.87. The number of carbonyl (C=O) groups is 1. The van der Waals surface area contributed by atoms with Crippen molar-refractivity contribution in [3.63, 3.8) is 0 Å². The maximum absolute atomic E-state index is 11.7. The number of sulfone groups is 1. The molecule has 1 aromatic carbocycles. The molecule has 1 aromatic rings. The lowest BCUT2D eigenvalue weighted by Crippen LogP contribution is -2.35. The van der Waals surface area contributed by atoms with Crippen molar-refractivity contribution < 1.29 is 13.2 Å². The van der Waals surface area contributed by atoms with Crippen molar-refractivity contribution in [1.82, 2.24) is 10.2 Å². The Morgan fingerprint density at radius 1 is 1.40 bits per heavy atom. The summed E-state index contributed by atoms with van der Waals surface area (Å²) in [6, 6.07) is 4.74. The van der Waals surface area contributed by atoms with Crippen molar-refractivity contribution in [3.8, 4) is 0 Å². The summed E-state index contributed by atoms with van der Waals surface area (Å²) >= 11 is 6.04. The first kappa shape index (κ1) is 16.9. The third-order valence-corrected chi connectivity index (χ3v) is 4.49. The van der Waals surface area contributed by atoms with E-state index in [1.807, 2.05) is 6.92 Å². The van der Waals surface area contributed by atoms with E-state index in [1.165, 1.54) is 6.07 Å². The van der Waals surface area contributed by atoms with Crippen LogP contribution < -0.4 is 5.32 Å². The van der Waals surface area contributed by atoms with Gasteiger partial charge in [0.25, 0.3) is 0 Å². The number of benzene rings is 1. The molecule has 7 heteroatoms. The van der Waals surface area contributed by atoms with Gasteiger partial charge in [0.1, 0.15) is 0 Å². The van der Waals surface area contributed by atoms with E-state index in [4.69, 9.17) is 11.6 Å². The van der Waals surface area contributed by atoms with E-state index in [0.29, 0.717) is 17.1 Å². The summed E-state index contributed by atoms with van der Waals surface area (Å²) in [4.78, 5) is 13.4. The number of amides is 1. The number of hydrogen-bond acceptors (Lipinski definition) is 4. The molecule has 1 N–H and O–H groups in total. The van der Waals surface area contributed by atoms with Gasteiger partial charge in [0.15, 0.2) is 9.84 Å². The van der Waals surface area contributed by atoms with Crippen molar-refractivity contribution in [2.75, 3.05) is 26.4 Å². The summed E-state index contributed by atoms with van der Waals surface area (Å²) in [5, 5.41) is 3.30. The van der Waals surface area contributed by atoms with Gasteiger partial charge in [-0.15, -0.1) is 0 Å². The summed E-state index contributed by atoms with van der Waals surface area (Å²) in [6.07, 6.45) is 1.14. The molecule has 0 saturated heterocycles. The Hall–Kier alpha value is -1.11. The predicted molar refractivity (Wildman–Crippen MR) is 79.6 cm³/mol. The van der Waals surface area contributed by atoms with E-state index in [9.17, 15) is 13.2 Å². The van der Waals surface area contributed by atoms with Crippen LogP contribution in [0.5, 0.6) is 0 Å². The van der Waals surface area contributed by atoms with Crippen LogP contribution in [0.1, 0.15) is 12.5 Å². The van der Waals surface area contributed by atoms with Crippen molar-refractivity contribution in [2.24, 2.45) is 0 Å². The van der Waals surface area contributed by atoms with Crippen LogP contribution in [0, 0.1) is 0 Å². The topological polar surface area (TPSA) is 66.5 Å². The summed E-state index contributed by atoms with van der Waals surface area (Å²) in [5.41, 5.74) is 0.489. The Morgan fingerprint density at radius 2 is 2.05 bits per heavy atom. The second-order valence-electron chi connectivity index (χ2n) is 4.50. The van der Waals surface area contributed by atoms with Crippen molar-refractivity contribution >= 4 is 27.3 Å². The highest BCUT2D eigenvalue weighted by Gasteiger charge is 2.16. The smallest absolute Gasteiger partial charge is 0.236 e. The van der Waals surface area contributed by atoms with Gasteiger partial charge in [0.05, 0.1) is 11.4 Å². The highest BCUT2D eigenvalue weighted by Crippen LogP contribution is 2.23. The van der Waals surface area contributed by atoms with Gasteiger partial charge in [0.2, 0.25) is 5.91 Å². The van der Waals surface area contributed by atoms with Gasteiger partial charge >= 0.3 is 0 Å². The predicted octanol–water partition coefficient (Wildman–Crippen LogP) is 1.31. The second kappa shape index (κ2) is 7.06. The molecule has 0 radical (unpaired) electrons. The molecule has 0 atom stereocenters. The highest BCUT2D eigenvalue weighted by atomic mass is 35.5. The molecule has 1 rings (SSSR count). The lowest BCUT2D eigenvalue weighted by Gasteiger charge is -2.15. The molecule has 0 aromatic heterocycles. The molecule has 0 bridgehead atoms. The van der Waals surface area contributed by atoms with Crippen molar-refractivity contribution in [2.45, 2.75) is 18.4 Å². The van der Waals surface area contributed by atoms with E-state index in [1.54, 1.807) is 24.1 Å². The lowest BCUT2D eigenvalue weighted by molar-refractivity contribution is -0.128. The fraction of sp³-hybridized carbons (Fsp3) is 0.462. The molecule has 112 valence electrons. The van der Waals surface area contributed by atoms with Gasteiger partial charge in [-0.05, 0) is 19.1 Å². The van der Waals surface area contributed by atoms with Gasteiger partial charge < -0.3 is 10.2 Å². The summed E-state index contributed by atoms with van der Waals surface area (Å²) in [5.74, 6) is -0.0551. The maximum atomic E-state index is 11.7. The van der Waals surface area contributed by atoms with E-state index < -0.39 is 9.84 Å². The number of nitrogens with one attached hydrogen (secondary N) is 1. The van der Waals surface area contributed by atoms with E-state index in [0.717, 1.165) is 6.26 Å². The Balaban J connectivity index is 2.81. The molecular weight excluding hydrogens is 300 g/mol. The van der Waals surface area contributed by atoms with Crippen molar-refractivity contribution in [3.05, 3.63) is 28.8 Å². The van der Waals surface area contributed by atoms with Crippen LogP contribution in [-0.4, -0.2) is 45.6 Å². The van der Waals surface area contributed by atoms with E-state index in [-0.39, 0.29) is 23.9 Å². The van der Waals surface area contributed by atoms with Gasteiger partial charge in [-0.1, -0.05) is 17.7 Å². The Bertz CT molecular complexity index is 587. The normalized spacial score (nSPS) is 11.4. The lowest BCUT2D eigenvalue weighted by atomic mass is 10.2. The minimum Gasteiger partial charge on any atom is -0.345 e. The molecule has 0 fully saturated rings. The molecule has 0 aliphatic carbocycles. The molecule has 0 aliphatic heterocycles. The van der Waals surface area contributed by atoms with Gasteiger partial charge in [0, 0.05) is 37.0 Å². The largest absolute Gasteiger partial charge is 0.345 e. The summed E-state index contributed by atoms with van der Waals surface area (Å²) in [7, 11) is -1.64. The van der Waals surface area contributed by atoms with Crippen LogP contribution in [0.3, 0.4) is 0 Å². The van der Waals surface area contributed by atoms with Crippen LogP contribution in [0.4, 0.5) is 0 Å². The molecule has 20 heavy (non-hydrogen) atoms. The first-order valence-electron chi connectivity index (χ1n) is 6.19. The fourth-order valence-corrected chi connectivity index (χ4v) is 2.92. The monoisotopic (exact) mass is 318 g/mol. The molecule has 0 saturated carbocycles. The minimum atomic E-state index is -3.35. The number of rotatable bonds is 6. The number of likely N-dealkylation sites (N-methyl/N-ethyl adjacent to an activating group) is 1. The average Bonchev–Trinajstić information content (AvgIpc) is 2.38. The Kier molecular flexibility index (Phi) is 5.98. The van der Waals surface area contributed by atoms with Gasteiger partial charge in [-0.2, -0.15) is 0 Å². The first-order chi connectivity index (χ1) is 9.27. The van der Waals surface area contributed by atoms with Crippen LogP contribution in [0.15, 0.2) is 23.1 Å². The standard InChI is InChI=1S/C13H19ClN2O3S/c1-4-16(2)13(17)9-15-8-10-11(14)6-5-7-12(10)20(3,18)19/h5-7,15H,4,8-9H2,1-3H3. The van der Waals surface area contributed by atoms with Gasteiger partial charge in [-0.3, -0.25) is 4.79 Å². The number of halogens is 1. The van der Waals surface area contributed by atoms with E-state index >= 15 is 0 Å². The Morgan fingerprint density at radius 3 is 2.60 bits per heavy atom. The fourth-order valence-electron chi connectivity index (χ4n) is 1.66. The highest BCUT2D eigenvalue weighted by molar-refractivity contribution is 7.90. The van der Waals surface area contributed by atoms with Gasteiger partial charge in [-0.25, -0.2) is 8.42 Å². The zero-order chi connectivity index (χ0) is 15.3. The van der Waals surface area contributed by atoms with Crippen LogP contribution in [0.25, 0.3) is 0 Å². The summed E-state index contributed by atoms with van der Waals surface area (Å²) < 4.78 is 23.4. The second-order valence-corrected chi connectivity index (χ2v) is 6.89. The SMILES string of the molecule is CCN(C)C(=O)CNCc1c(Cl)cccc1S(C)(=O)=O. The third-order valence-electron chi connectivity index (χ3n) is 2.95. The molecule has 1 amide bonds. The molecule has 0 spiro atoms. The number of nitrogens with zero attached hydrogens (tertiary/aromatic N) is 1. The van der Waals surface area contributed by atoms with Crippen LogP contribution >= 0.6 is 11.6 Å². The van der Waals surface area contributed by atoms with E-state index in [2.05, 4.69) is 5.32 Å². The first-order valence-corrected chi connectivity index (χ1v) is 8.46. The number of carbonyl (C=O) groups excluding carboxylic acids is 1. The molecule has 0 unspecified atom stereocenters. The molecule has 5 nitrogen and oxygen atoms in total.